The minimum absolute atomic E-state index is 0.0188. The van der Waals surface area contributed by atoms with Crippen molar-refractivity contribution in [2.45, 2.75) is 31.3 Å². The Morgan fingerprint density at radius 1 is 1.45 bits per heavy atom. The van der Waals surface area contributed by atoms with Crippen LogP contribution in [0.2, 0.25) is 0 Å². The number of carboxylic acids is 1. The van der Waals surface area contributed by atoms with E-state index >= 15 is 0 Å². The molecule has 0 fully saturated rings. The van der Waals surface area contributed by atoms with Gasteiger partial charge in [0.25, 0.3) is 0 Å². The molecule has 0 aliphatic heterocycles. The Labute approximate surface area is 114 Å². The topological polar surface area (TPSA) is 164 Å². The molecular weight excluding hydrogens is 266 g/mol. The highest BCUT2D eigenvalue weighted by atomic mass is 16.4. The third-order valence-electron chi connectivity index (χ3n) is 2.63. The van der Waals surface area contributed by atoms with Gasteiger partial charge < -0.3 is 26.9 Å². The van der Waals surface area contributed by atoms with E-state index in [0.717, 1.165) is 0 Å². The second kappa shape index (κ2) is 7.24. The Kier molecular flexibility index (Phi) is 5.66. The van der Waals surface area contributed by atoms with Crippen LogP contribution < -0.4 is 16.8 Å². The maximum absolute atomic E-state index is 11.7. The van der Waals surface area contributed by atoms with E-state index in [-0.39, 0.29) is 19.3 Å². The number of imidazole rings is 1. The van der Waals surface area contributed by atoms with Gasteiger partial charge in [0.15, 0.2) is 0 Å². The normalized spacial score (nSPS) is 13.4. The number of hydrogen-bond acceptors (Lipinski definition) is 5. The van der Waals surface area contributed by atoms with Crippen molar-refractivity contribution < 1.29 is 19.5 Å². The molecule has 9 nitrogen and oxygen atoms in total. The zero-order chi connectivity index (χ0) is 15.1. The van der Waals surface area contributed by atoms with Crippen molar-refractivity contribution in [1.82, 2.24) is 15.3 Å². The molecule has 0 aliphatic rings. The summed E-state index contributed by atoms with van der Waals surface area (Å²) in [5.74, 6) is -2.38. The van der Waals surface area contributed by atoms with Crippen LogP contribution in [-0.4, -0.2) is 44.9 Å². The number of nitrogens with zero attached hydrogens (tertiary/aromatic N) is 1. The number of aromatic nitrogens is 2. The molecule has 110 valence electrons. The van der Waals surface area contributed by atoms with Gasteiger partial charge in [-0.15, -0.1) is 0 Å². The molecule has 7 N–H and O–H groups in total. The number of rotatable bonds is 8. The first-order chi connectivity index (χ1) is 9.40. The van der Waals surface area contributed by atoms with Crippen LogP contribution in [-0.2, 0) is 20.8 Å². The Morgan fingerprint density at radius 2 is 2.15 bits per heavy atom. The zero-order valence-corrected chi connectivity index (χ0v) is 10.7. The van der Waals surface area contributed by atoms with E-state index in [1.807, 2.05) is 0 Å². The summed E-state index contributed by atoms with van der Waals surface area (Å²) in [7, 11) is 0. The predicted octanol–water partition coefficient (Wildman–Crippen LogP) is -1.89. The van der Waals surface area contributed by atoms with E-state index in [4.69, 9.17) is 16.6 Å². The van der Waals surface area contributed by atoms with Crippen molar-refractivity contribution in [3.63, 3.8) is 0 Å². The number of amides is 2. The summed E-state index contributed by atoms with van der Waals surface area (Å²) >= 11 is 0. The van der Waals surface area contributed by atoms with Gasteiger partial charge in [0.1, 0.15) is 6.04 Å². The summed E-state index contributed by atoms with van der Waals surface area (Å²) in [6.45, 7) is 0. The van der Waals surface area contributed by atoms with Gasteiger partial charge in [0.2, 0.25) is 11.8 Å². The van der Waals surface area contributed by atoms with Crippen molar-refractivity contribution in [2.24, 2.45) is 11.5 Å². The smallest absolute Gasteiger partial charge is 0.303 e. The lowest BCUT2D eigenvalue weighted by Crippen LogP contribution is -2.51. The average molecular weight is 283 g/mol. The number of carboxylic acid groups (broad SMARTS) is 1. The number of carbonyl (C=O) groups excluding carboxylic acids is 2. The summed E-state index contributed by atoms with van der Waals surface area (Å²) in [4.78, 5) is 40.1. The largest absolute Gasteiger partial charge is 0.481 e. The first-order valence-electron chi connectivity index (χ1n) is 5.95. The second-order valence-corrected chi connectivity index (χ2v) is 4.27. The number of carbonyl (C=O) groups is 3. The summed E-state index contributed by atoms with van der Waals surface area (Å²) in [5, 5.41) is 10.9. The van der Waals surface area contributed by atoms with Crippen LogP contribution in [0.25, 0.3) is 0 Å². The van der Waals surface area contributed by atoms with Crippen LogP contribution in [0.5, 0.6) is 0 Å². The van der Waals surface area contributed by atoms with Crippen molar-refractivity contribution in [3.8, 4) is 0 Å². The first kappa shape index (κ1) is 15.6. The first-order valence-corrected chi connectivity index (χ1v) is 5.95. The highest BCUT2D eigenvalue weighted by molar-refractivity contribution is 5.89. The number of primary amides is 1. The van der Waals surface area contributed by atoms with E-state index in [2.05, 4.69) is 15.3 Å². The standard InChI is InChI=1S/C11H17N5O4/c12-7(1-2-9(17)18)11(20)16-8(10(13)19)3-6-4-14-5-15-6/h4-5,7-8H,1-3,12H2,(H2,13,19)(H,14,15)(H,16,20)(H,17,18)/t7-,8-/m0/s1. The monoisotopic (exact) mass is 283 g/mol. The number of nitrogens with two attached hydrogens (primary N) is 2. The summed E-state index contributed by atoms with van der Waals surface area (Å²) in [5.41, 5.74) is 11.3. The molecule has 0 saturated carbocycles. The number of H-pyrrole nitrogens is 1. The molecule has 1 aromatic rings. The minimum atomic E-state index is -1.05. The Balaban J connectivity index is 2.54. The summed E-state index contributed by atoms with van der Waals surface area (Å²) in [6.07, 6.45) is 2.90. The molecule has 0 saturated heterocycles. The van der Waals surface area contributed by atoms with Crippen molar-refractivity contribution >= 4 is 17.8 Å². The average Bonchev–Trinajstić information content (AvgIpc) is 2.87. The number of aliphatic carboxylic acids is 1. The fourth-order valence-electron chi connectivity index (χ4n) is 1.52. The number of nitrogens with one attached hydrogen (secondary N) is 2. The molecule has 1 aromatic heterocycles. The molecule has 1 heterocycles. The minimum Gasteiger partial charge on any atom is -0.481 e. The molecule has 0 bridgehead atoms. The van der Waals surface area contributed by atoms with E-state index in [1.54, 1.807) is 6.20 Å². The molecule has 0 aromatic carbocycles. The Hall–Kier alpha value is -2.42. The fourth-order valence-corrected chi connectivity index (χ4v) is 1.52. The molecule has 0 radical (unpaired) electrons. The summed E-state index contributed by atoms with van der Waals surface area (Å²) < 4.78 is 0. The van der Waals surface area contributed by atoms with Gasteiger partial charge >= 0.3 is 5.97 Å². The molecule has 20 heavy (non-hydrogen) atoms. The summed E-state index contributed by atoms with van der Waals surface area (Å²) in [6, 6.07) is -1.95. The number of aromatic amines is 1. The van der Waals surface area contributed by atoms with Crippen LogP contribution in [0.1, 0.15) is 18.5 Å². The van der Waals surface area contributed by atoms with Crippen molar-refractivity contribution in [1.29, 1.82) is 0 Å². The molecular formula is C11H17N5O4. The number of hydrogen-bond donors (Lipinski definition) is 5. The molecule has 1 rings (SSSR count). The van der Waals surface area contributed by atoms with Crippen LogP contribution in [0, 0.1) is 0 Å². The van der Waals surface area contributed by atoms with Gasteiger partial charge in [0, 0.05) is 19.0 Å². The lowest BCUT2D eigenvalue weighted by Gasteiger charge is -2.17. The third-order valence-corrected chi connectivity index (χ3v) is 2.63. The van der Waals surface area contributed by atoms with Crippen molar-refractivity contribution in [3.05, 3.63) is 18.2 Å². The highest BCUT2D eigenvalue weighted by Crippen LogP contribution is 2.00. The quantitative estimate of drug-likeness (QED) is 0.374. The SMILES string of the molecule is NC(=O)[C@H](Cc1c[nH]cn1)NC(=O)[C@@H](N)CCC(=O)O. The van der Waals surface area contributed by atoms with Gasteiger partial charge in [0.05, 0.1) is 18.1 Å². The van der Waals surface area contributed by atoms with Crippen LogP contribution >= 0.6 is 0 Å². The third kappa shape index (κ3) is 5.06. The fraction of sp³-hybridized carbons (Fsp3) is 0.455. The van der Waals surface area contributed by atoms with Gasteiger partial charge in [-0.3, -0.25) is 14.4 Å². The molecule has 0 aliphatic carbocycles. The maximum Gasteiger partial charge on any atom is 0.303 e. The van der Waals surface area contributed by atoms with Crippen LogP contribution in [0.4, 0.5) is 0 Å². The van der Waals surface area contributed by atoms with E-state index < -0.39 is 29.9 Å². The Morgan fingerprint density at radius 3 is 2.65 bits per heavy atom. The van der Waals surface area contributed by atoms with Gasteiger partial charge in [-0.05, 0) is 6.42 Å². The van der Waals surface area contributed by atoms with Crippen molar-refractivity contribution in [2.75, 3.05) is 0 Å². The molecule has 0 spiro atoms. The second-order valence-electron chi connectivity index (χ2n) is 4.27. The lowest BCUT2D eigenvalue weighted by molar-refractivity contribution is -0.137. The lowest BCUT2D eigenvalue weighted by atomic mass is 10.1. The van der Waals surface area contributed by atoms with Gasteiger partial charge in [-0.25, -0.2) is 4.98 Å². The van der Waals surface area contributed by atoms with Gasteiger partial charge in [-0.1, -0.05) is 0 Å². The Bertz CT molecular complexity index is 473. The van der Waals surface area contributed by atoms with Gasteiger partial charge in [-0.2, -0.15) is 0 Å². The highest BCUT2D eigenvalue weighted by Gasteiger charge is 2.23. The molecule has 0 unspecified atom stereocenters. The maximum atomic E-state index is 11.7. The predicted molar refractivity (Wildman–Crippen MR) is 68.3 cm³/mol. The molecule has 2 amide bonds. The van der Waals surface area contributed by atoms with E-state index in [0.29, 0.717) is 5.69 Å². The van der Waals surface area contributed by atoms with Crippen LogP contribution in [0.3, 0.4) is 0 Å². The molecule has 2 atom stereocenters. The van der Waals surface area contributed by atoms with E-state index in [1.165, 1.54) is 6.33 Å². The molecule has 9 heteroatoms. The zero-order valence-electron chi connectivity index (χ0n) is 10.7. The van der Waals surface area contributed by atoms with Crippen LogP contribution in [0.15, 0.2) is 12.5 Å². The van der Waals surface area contributed by atoms with E-state index in [9.17, 15) is 14.4 Å².